The first-order valence-electron chi connectivity index (χ1n) is 9.79. The molecule has 2 N–H and O–H groups in total. The van der Waals surface area contributed by atoms with Gasteiger partial charge < -0.3 is 10.1 Å². The van der Waals surface area contributed by atoms with Gasteiger partial charge in [-0.25, -0.2) is 13.4 Å². The van der Waals surface area contributed by atoms with Gasteiger partial charge in [0, 0.05) is 17.7 Å². The summed E-state index contributed by atoms with van der Waals surface area (Å²) in [5.41, 5.74) is 2.78. The van der Waals surface area contributed by atoms with Gasteiger partial charge in [-0.1, -0.05) is 6.07 Å². The van der Waals surface area contributed by atoms with Crippen LogP contribution < -0.4 is 14.8 Å². The van der Waals surface area contributed by atoms with Gasteiger partial charge in [0.15, 0.2) is 0 Å². The lowest BCUT2D eigenvalue weighted by Crippen LogP contribution is -2.29. The van der Waals surface area contributed by atoms with Crippen molar-refractivity contribution in [3.63, 3.8) is 0 Å². The average Bonchev–Trinajstić information content (AvgIpc) is 2.71. The number of sulfonamides is 1. The quantitative estimate of drug-likeness (QED) is 0.568. The van der Waals surface area contributed by atoms with Crippen LogP contribution in [0, 0.1) is 13.8 Å². The molecule has 3 aromatic rings. The Morgan fingerprint density at radius 2 is 1.68 bits per heavy atom. The van der Waals surface area contributed by atoms with Crippen molar-refractivity contribution in [3.05, 3.63) is 77.5 Å². The highest BCUT2D eigenvalue weighted by Crippen LogP contribution is 2.23. The molecule has 1 amide bonds. The molecule has 0 spiro atoms. The van der Waals surface area contributed by atoms with Gasteiger partial charge in [-0.2, -0.15) is 0 Å². The highest BCUT2D eigenvalue weighted by atomic mass is 32.2. The number of nitrogens with zero attached hydrogens (tertiary/aromatic N) is 1. The molecule has 0 atom stereocenters. The van der Waals surface area contributed by atoms with Crippen molar-refractivity contribution >= 4 is 21.6 Å². The molecule has 0 bridgehead atoms. The fourth-order valence-corrected chi connectivity index (χ4v) is 3.86. The third-order valence-corrected chi connectivity index (χ3v) is 5.91. The second-order valence-electron chi connectivity index (χ2n) is 7.49. The van der Waals surface area contributed by atoms with E-state index in [0.29, 0.717) is 22.9 Å². The Bertz CT molecular complexity index is 1170. The molecular formula is C23H25N3O4S. The zero-order valence-corrected chi connectivity index (χ0v) is 18.7. The number of benzene rings is 2. The van der Waals surface area contributed by atoms with E-state index in [-0.39, 0.29) is 16.8 Å². The second kappa shape index (κ2) is 9.18. The van der Waals surface area contributed by atoms with Crippen LogP contribution in [0.4, 0.5) is 5.69 Å². The number of nitrogens with one attached hydrogen (secondary N) is 2. The third kappa shape index (κ3) is 5.82. The zero-order valence-electron chi connectivity index (χ0n) is 17.8. The molecule has 162 valence electrons. The van der Waals surface area contributed by atoms with Crippen molar-refractivity contribution in [1.29, 1.82) is 0 Å². The van der Waals surface area contributed by atoms with E-state index in [1.54, 1.807) is 54.6 Å². The van der Waals surface area contributed by atoms with Crippen LogP contribution in [0.2, 0.25) is 0 Å². The molecular weight excluding hydrogens is 414 g/mol. The maximum Gasteiger partial charge on any atom is 0.261 e. The third-order valence-electron chi connectivity index (χ3n) is 4.54. The van der Waals surface area contributed by atoms with E-state index < -0.39 is 10.0 Å². The summed E-state index contributed by atoms with van der Waals surface area (Å²) in [7, 11) is -3.71. The summed E-state index contributed by atoms with van der Waals surface area (Å²) in [6, 6.07) is 14.9. The Labute approximate surface area is 182 Å². The monoisotopic (exact) mass is 439 g/mol. The summed E-state index contributed by atoms with van der Waals surface area (Å²) in [6.07, 6.45) is 1.39. The maximum atomic E-state index is 12.6. The minimum Gasteiger partial charge on any atom is -0.439 e. The number of hydrogen-bond donors (Lipinski definition) is 2. The molecule has 2 aromatic carbocycles. The second-order valence-corrected chi connectivity index (χ2v) is 9.17. The predicted molar refractivity (Wildman–Crippen MR) is 120 cm³/mol. The van der Waals surface area contributed by atoms with Gasteiger partial charge in [0.05, 0.1) is 16.8 Å². The lowest BCUT2D eigenvalue weighted by molar-refractivity contribution is 0.0943. The average molecular weight is 440 g/mol. The lowest BCUT2D eigenvalue weighted by atomic mass is 10.1. The minimum atomic E-state index is -3.71. The van der Waals surface area contributed by atoms with Gasteiger partial charge in [0.1, 0.15) is 5.75 Å². The highest BCUT2D eigenvalue weighted by molar-refractivity contribution is 7.92. The Balaban J connectivity index is 1.66. The first-order chi connectivity index (χ1) is 14.6. The first-order valence-corrected chi connectivity index (χ1v) is 11.3. The van der Waals surface area contributed by atoms with Crippen LogP contribution in [0.3, 0.4) is 0 Å². The van der Waals surface area contributed by atoms with Crippen molar-refractivity contribution in [1.82, 2.24) is 10.3 Å². The number of amides is 1. The predicted octanol–water partition coefficient (Wildman–Crippen LogP) is 4.43. The Hall–Kier alpha value is -3.39. The molecule has 0 aliphatic rings. The van der Waals surface area contributed by atoms with Gasteiger partial charge in [0.2, 0.25) is 5.88 Å². The summed E-state index contributed by atoms with van der Waals surface area (Å²) < 4.78 is 33.4. The van der Waals surface area contributed by atoms with Crippen molar-refractivity contribution in [3.8, 4) is 11.6 Å². The molecule has 3 rings (SSSR count). The number of carbonyl (C=O) groups excluding carboxylic acids is 1. The molecule has 0 saturated heterocycles. The largest absolute Gasteiger partial charge is 0.439 e. The number of aryl methyl sites for hydroxylation is 2. The molecule has 0 saturated carbocycles. The normalized spacial score (nSPS) is 11.3. The van der Waals surface area contributed by atoms with E-state index in [4.69, 9.17) is 4.74 Å². The van der Waals surface area contributed by atoms with Crippen molar-refractivity contribution in [2.45, 2.75) is 38.6 Å². The van der Waals surface area contributed by atoms with Crippen LogP contribution in [-0.4, -0.2) is 25.4 Å². The fourth-order valence-electron chi connectivity index (χ4n) is 2.74. The summed E-state index contributed by atoms with van der Waals surface area (Å²) in [6.45, 7) is 7.58. The van der Waals surface area contributed by atoms with Gasteiger partial charge in [0.25, 0.3) is 15.9 Å². The van der Waals surface area contributed by atoms with Crippen molar-refractivity contribution in [2.75, 3.05) is 4.72 Å². The molecule has 0 aliphatic heterocycles. The molecule has 0 fully saturated rings. The molecule has 1 aromatic heterocycles. The molecule has 1 heterocycles. The summed E-state index contributed by atoms with van der Waals surface area (Å²) >= 11 is 0. The lowest BCUT2D eigenvalue weighted by Gasteiger charge is -2.11. The molecule has 31 heavy (non-hydrogen) atoms. The van der Waals surface area contributed by atoms with E-state index in [0.717, 1.165) is 11.1 Å². The van der Waals surface area contributed by atoms with Crippen LogP contribution in [-0.2, 0) is 10.0 Å². The van der Waals surface area contributed by atoms with Gasteiger partial charge in [-0.3, -0.25) is 9.52 Å². The first kappa shape index (κ1) is 22.3. The van der Waals surface area contributed by atoms with Crippen LogP contribution in [0.5, 0.6) is 11.6 Å². The minimum absolute atomic E-state index is 0.0543. The van der Waals surface area contributed by atoms with Gasteiger partial charge in [-0.05, 0) is 81.3 Å². The number of rotatable bonds is 7. The van der Waals surface area contributed by atoms with Crippen molar-refractivity contribution < 1.29 is 17.9 Å². The molecule has 7 nitrogen and oxygen atoms in total. The summed E-state index contributed by atoms with van der Waals surface area (Å²) in [5.74, 6) is 0.658. The topological polar surface area (TPSA) is 97.4 Å². The fraction of sp³-hybridized carbons (Fsp3) is 0.217. The molecule has 0 aliphatic carbocycles. The number of pyridine rings is 1. The van der Waals surface area contributed by atoms with Crippen LogP contribution in [0.15, 0.2) is 65.7 Å². The zero-order chi connectivity index (χ0) is 22.6. The highest BCUT2D eigenvalue weighted by Gasteiger charge is 2.15. The SMILES string of the molecule is Cc1ccc(S(=O)(=O)Nc2ccc(Oc3ccc(C(=O)NC(C)C)cc3)nc2)cc1C. The van der Waals surface area contributed by atoms with E-state index in [1.807, 2.05) is 27.7 Å². The van der Waals surface area contributed by atoms with E-state index in [2.05, 4.69) is 15.0 Å². The number of aromatic nitrogens is 1. The smallest absolute Gasteiger partial charge is 0.261 e. The standard InChI is InChI=1S/C23H25N3O4S/c1-15(2)25-23(27)18-6-9-20(10-7-18)30-22-12-8-19(14-24-22)26-31(28,29)21-11-5-16(3)17(4)13-21/h5-15,26H,1-4H3,(H,25,27). The number of carbonyl (C=O) groups is 1. The number of hydrogen-bond acceptors (Lipinski definition) is 5. The van der Waals surface area contributed by atoms with E-state index >= 15 is 0 Å². The van der Waals surface area contributed by atoms with E-state index in [9.17, 15) is 13.2 Å². The molecule has 0 unspecified atom stereocenters. The molecule has 0 radical (unpaired) electrons. The van der Waals surface area contributed by atoms with E-state index in [1.165, 1.54) is 6.20 Å². The number of ether oxygens (including phenoxy) is 1. The Morgan fingerprint density at radius 3 is 2.26 bits per heavy atom. The van der Waals surface area contributed by atoms with Gasteiger partial charge >= 0.3 is 0 Å². The Kier molecular flexibility index (Phi) is 6.60. The van der Waals surface area contributed by atoms with Crippen molar-refractivity contribution in [2.24, 2.45) is 0 Å². The molecule has 8 heteroatoms. The summed E-state index contributed by atoms with van der Waals surface area (Å²) in [4.78, 5) is 16.3. The summed E-state index contributed by atoms with van der Waals surface area (Å²) in [5, 5.41) is 2.82. The Morgan fingerprint density at radius 1 is 0.968 bits per heavy atom. The van der Waals surface area contributed by atoms with Crippen LogP contribution >= 0.6 is 0 Å². The van der Waals surface area contributed by atoms with Crippen LogP contribution in [0.1, 0.15) is 35.3 Å². The van der Waals surface area contributed by atoms with Crippen LogP contribution in [0.25, 0.3) is 0 Å². The number of anilines is 1. The van der Waals surface area contributed by atoms with Gasteiger partial charge in [-0.15, -0.1) is 0 Å². The maximum absolute atomic E-state index is 12.6.